The van der Waals surface area contributed by atoms with Gasteiger partial charge in [-0.25, -0.2) is 4.98 Å². The third-order valence-corrected chi connectivity index (χ3v) is 5.36. The van der Waals surface area contributed by atoms with E-state index in [0.29, 0.717) is 43.5 Å². The molecule has 0 spiro atoms. The molecule has 0 aliphatic heterocycles. The summed E-state index contributed by atoms with van der Waals surface area (Å²) in [5.41, 5.74) is 2.02. The number of pyridine rings is 1. The van der Waals surface area contributed by atoms with E-state index in [1.165, 1.54) is 25.3 Å². The summed E-state index contributed by atoms with van der Waals surface area (Å²) in [6.07, 6.45) is 0. The van der Waals surface area contributed by atoms with Crippen molar-refractivity contribution in [2.24, 2.45) is 0 Å². The highest BCUT2D eigenvalue weighted by molar-refractivity contribution is 6.36. The molecule has 160 valence electrons. The number of nitro benzene ring substituents is 1. The van der Waals surface area contributed by atoms with Crippen molar-refractivity contribution >= 4 is 51.4 Å². The predicted octanol–water partition coefficient (Wildman–Crippen LogP) is 6.38. The molecule has 0 atom stereocenters. The number of rotatable bonds is 5. The number of hydrogen-bond donors (Lipinski definition) is 1. The molecule has 0 saturated carbocycles. The van der Waals surface area contributed by atoms with E-state index in [9.17, 15) is 14.9 Å². The van der Waals surface area contributed by atoms with Gasteiger partial charge in [0.15, 0.2) is 0 Å². The Balaban J connectivity index is 1.83. The molecule has 1 aromatic heterocycles. The Labute approximate surface area is 192 Å². The number of fused-ring (bicyclic) bond motifs is 1. The highest BCUT2D eigenvalue weighted by Gasteiger charge is 2.19. The molecule has 4 rings (SSSR count). The minimum absolute atomic E-state index is 0.172. The van der Waals surface area contributed by atoms with Crippen molar-refractivity contribution in [3.8, 4) is 17.0 Å². The summed E-state index contributed by atoms with van der Waals surface area (Å²) in [4.78, 5) is 28.5. The molecule has 3 aromatic carbocycles. The van der Waals surface area contributed by atoms with E-state index in [1.807, 2.05) is 6.07 Å². The molecule has 0 saturated heterocycles. The van der Waals surface area contributed by atoms with Crippen LogP contribution in [0.5, 0.6) is 5.75 Å². The highest BCUT2D eigenvalue weighted by Crippen LogP contribution is 2.33. The maximum atomic E-state index is 13.3. The first-order valence-electron chi connectivity index (χ1n) is 9.36. The van der Waals surface area contributed by atoms with Crippen molar-refractivity contribution in [2.75, 3.05) is 12.4 Å². The molecule has 32 heavy (non-hydrogen) atoms. The molecule has 0 fully saturated rings. The molecule has 4 aromatic rings. The third-order valence-electron chi connectivity index (χ3n) is 4.81. The van der Waals surface area contributed by atoms with Gasteiger partial charge in [-0.05, 0) is 36.4 Å². The Kier molecular flexibility index (Phi) is 5.94. The van der Waals surface area contributed by atoms with Crippen molar-refractivity contribution in [2.45, 2.75) is 0 Å². The van der Waals surface area contributed by atoms with Crippen molar-refractivity contribution in [1.82, 2.24) is 4.98 Å². The third kappa shape index (κ3) is 4.21. The van der Waals surface area contributed by atoms with Crippen LogP contribution >= 0.6 is 23.2 Å². The lowest BCUT2D eigenvalue weighted by Crippen LogP contribution is -2.14. The van der Waals surface area contributed by atoms with E-state index in [-0.39, 0.29) is 11.4 Å². The molecular weight excluding hydrogens is 453 g/mol. The summed E-state index contributed by atoms with van der Waals surface area (Å²) in [5.74, 6) is -0.183. The molecule has 1 amide bonds. The lowest BCUT2D eigenvalue weighted by Gasteiger charge is -2.13. The number of non-ortho nitro benzene ring substituents is 1. The predicted molar refractivity (Wildman–Crippen MR) is 125 cm³/mol. The number of hydrogen-bond acceptors (Lipinski definition) is 5. The number of anilines is 1. The van der Waals surface area contributed by atoms with Crippen molar-refractivity contribution in [1.29, 1.82) is 0 Å². The number of nitro groups is 1. The van der Waals surface area contributed by atoms with Gasteiger partial charge in [-0.15, -0.1) is 0 Å². The van der Waals surface area contributed by atoms with Crippen LogP contribution in [-0.4, -0.2) is 22.9 Å². The van der Waals surface area contributed by atoms with Gasteiger partial charge in [0.2, 0.25) is 0 Å². The average Bonchev–Trinajstić information content (AvgIpc) is 2.78. The number of benzene rings is 3. The molecule has 0 bridgehead atoms. The first-order valence-corrected chi connectivity index (χ1v) is 10.1. The number of ether oxygens (including phenoxy) is 1. The number of methoxy groups -OCH3 is 1. The smallest absolute Gasteiger partial charge is 0.271 e. The van der Waals surface area contributed by atoms with Gasteiger partial charge in [0.25, 0.3) is 11.6 Å². The van der Waals surface area contributed by atoms with Gasteiger partial charge >= 0.3 is 0 Å². The van der Waals surface area contributed by atoms with Crippen LogP contribution < -0.4 is 10.1 Å². The maximum Gasteiger partial charge on any atom is 0.271 e. The second-order valence-electron chi connectivity index (χ2n) is 6.79. The van der Waals surface area contributed by atoms with Crippen molar-refractivity contribution in [3.63, 3.8) is 0 Å². The number of nitrogens with zero attached hydrogens (tertiary/aromatic N) is 2. The second kappa shape index (κ2) is 8.82. The summed E-state index contributed by atoms with van der Waals surface area (Å²) in [7, 11) is 1.42. The largest absolute Gasteiger partial charge is 0.495 e. The molecule has 0 aliphatic rings. The summed E-state index contributed by atoms with van der Waals surface area (Å²) in [5, 5.41) is 15.4. The van der Waals surface area contributed by atoms with Crippen LogP contribution in [0, 0.1) is 10.1 Å². The minimum Gasteiger partial charge on any atom is -0.495 e. The molecule has 0 radical (unpaired) electrons. The lowest BCUT2D eigenvalue weighted by molar-refractivity contribution is -0.384. The molecule has 0 aliphatic carbocycles. The van der Waals surface area contributed by atoms with Gasteiger partial charge in [-0.3, -0.25) is 14.9 Å². The van der Waals surface area contributed by atoms with Gasteiger partial charge in [-0.2, -0.15) is 0 Å². The zero-order valence-corrected chi connectivity index (χ0v) is 18.1. The van der Waals surface area contributed by atoms with Crippen LogP contribution in [0.15, 0.2) is 66.7 Å². The molecule has 9 heteroatoms. The van der Waals surface area contributed by atoms with Gasteiger partial charge in [-0.1, -0.05) is 41.4 Å². The van der Waals surface area contributed by atoms with Gasteiger partial charge < -0.3 is 10.1 Å². The second-order valence-corrected chi connectivity index (χ2v) is 7.64. The number of carbonyl (C=O) groups excluding carboxylic acids is 1. The van der Waals surface area contributed by atoms with Crippen LogP contribution in [0.3, 0.4) is 0 Å². The number of nitrogens with one attached hydrogen (secondary N) is 1. The maximum absolute atomic E-state index is 13.3. The Bertz CT molecular complexity index is 1370. The van der Waals surface area contributed by atoms with Gasteiger partial charge in [0, 0.05) is 28.1 Å². The minimum atomic E-state index is -0.544. The number of para-hydroxylation sites is 1. The van der Waals surface area contributed by atoms with Crippen LogP contribution in [0.4, 0.5) is 11.4 Å². The number of aromatic nitrogens is 1. The Morgan fingerprint density at radius 3 is 2.56 bits per heavy atom. The Morgan fingerprint density at radius 2 is 1.84 bits per heavy atom. The number of carbonyl (C=O) groups is 1. The molecular formula is C23H15Cl2N3O4. The summed E-state index contributed by atoms with van der Waals surface area (Å²) < 4.78 is 5.24. The summed E-state index contributed by atoms with van der Waals surface area (Å²) >= 11 is 12.4. The standard InChI is InChI=1S/C23H15Cl2N3O4/c1-32-22-9-7-14(28(30)31)11-21(22)27-23(29)17-12-20(16-8-6-13(24)10-18(16)25)26-19-5-3-2-4-15(17)19/h2-12H,1H3,(H,27,29). The van der Waals surface area contributed by atoms with Crippen molar-refractivity contribution < 1.29 is 14.5 Å². The van der Waals surface area contributed by atoms with Crippen LogP contribution in [0.1, 0.15) is 10.4 Å². The SMILES string of the molecule is COc1ccc([N+](=O)[O-])cc1NC(=O)c1cc(-c2ccc(Cl)cc2Cl)nc2ccccc12. The number of amides is 1. The fourth-order valence-corrected chi connectivity index (χ4v) is 3.80. The first kappa shape index (κ1) is 21.5. The van der Waals surface area contributed by atoms with E-state index < -0.39 is 10.8 Å². The topological polar surface area (TPSA) is 94.4 Å². The zero-order valence-electron chi connectivity index (χ0n) is 16.6. The van der Waals surface area contributed by atoms with Crippen molar-refractivity contribution in [3.05, 3.63) is 92.5 Å². The Hall–Kier alpha value is -3.68. The fourth-order valence-electron chi connectivity index (χ4n) is 3.30. The van der Waals surface area contributed by atoms with E-state index in [2.05, 4.69) is 10.3 Å². The quantitative estimate of drug-likeness (QED) is 0.271. The van der Waals surface area contributed by atoms with Crippen LogP contribution in [0.25, 0.3) is 22.2 Å². The van der Waals surface area contributed by atoms with E-state index >= 15 is 0 Å². The molecule has 1 N–H and O–H groups in total. The lowest BCUT2D eigenvalue weighted by atomic mass is 10.0. The summed E-state index contributed by atoms with van der Waals surface area (Å²) in [6.45, 7) is 0. The summed E-state index contributed by atoms with van der Waals surface area (Å²) in [6, 6.07) is 17.8. The van der Waals surface area contributed by atoms with Gasteiger partial charge in [0.1, 0.15) is 5.75 Å². The zero-order chi connectivity index (χ0) is 22.8. The molecule has 0 unspecified atom stereocenters. The van der Waals surface area contributed by atoms with E-state index in [4.69, 9.17) is 27.9 Å². The van der Waals surface area contributed by atoms with E-state index in [1.54, 1.807) is 42.5 Å². The van der Waals surface area contributed by atoms with Crippen LogP contribution in [-0.2, 0) is 0 Å². The fraction of sp³-hybridized carbons (Fsp3) is 0.0435. The Morgan fingerprint density at radius 1 is 1.06 bits per heavy atom. The van der Waals surface area contributed by atoms with E-state index in [0.717, 1.165) is 0 Å². The molecule has 1 heterocycles. The molecule has 7 nitrogen and oxygen atoms in total. The van der Waals surface area contributed by atoms with Crippen LogP contribution in [0.2, 0.25) is 10.0 Å². The first-order chi connectivity index (χ1) is 15.4. The average molecular weight is 468 g/mol. The highest BCUT2D eigenvalue weighted by atomic mass is 35.5. The monoisotopic (exact) mass is 467 g/mol. The normalized spacial score (nSPS) is 10.7. The number of halogens is 2. The van der Waals surface area contributed by atoms with Gasteiger partial charge in [0.05, 0.1) is 39.5 Å².